The fourth-order valence-electron chi connectivity index (χ4n) is 4.14. The molecule has 0 aliphatic carbocycles. The van der Waals surface area contributed by atoms with Crippen molar-refractivity contribution in [2.45, 2.75) is 57.4 Å². The molecule has 1 atom stereocenters. The molecule has 1 aliphatic rings. The van der Waals surface area contributed by atoms with Gasteiger partial charge in [0.2, 0.25) is 10.0 Å². The third-order valence-corrected chi connectivity index (χ3v) is 7.37. The first-order chi connectivity index (χ1) is 14.7. The first-order valence-electron chi connectivity index (χ1n) is 10.8. The van der Waals surface area contributed by atoms with Crippen LogP contribution in [0.25, 0.3) is 0 Å². The number of benzene rings is 2. The monoisotopic (exact) mass is 444 g/mol. The predicted octanol–water partition coefficient (Wildman–Crippen LogP) is 4.37. The lowest BCUT2D eigenvalue weighted by Gasteiger charge is -2.22. The molecule has 0 radical (unpaired) electrons. The summed E-state index contributed by atoms with van der Waals surface area (Å²) < 4.78 is 34.4. The number of aryl methyl sites for hydroxylation is 2. The average Bonchev–Trinajstić information content (AvgIpc) is 3.01. The second-order valence-corrected chi connectivity index (χ2v) is 9.99. The van der Waals surface area contributed by atoms with E-state index in [9.17, 15) is 13.2 Å². The Bertz CT molecular complexity index is 1040. The van der Waals surface area contributed by atoms with Gasteiger partial charge in [0.1, 0.15) is 5.75 Å². The number of ether oxygens (including phenoxy) is 1. The molecule has 0 spiro atoms. The van der Waals surface area contributed by atoms with Crippen molar-refractivity contribution < 1.29 is 17.9 Å². The van der Waals surface area contributed by atoms with Crippen LogP contribution in [0, 0.1) is 13.8 Å². The molecule has 1 unspecified atom stereocenters. The van der Waals surface area contributed by atoms with E-state index >= 15 is 0 Å². The zero-order chi connectivity index (χ0) is 22.6. The van der Waals surface area contributed by atoms with E-state index in [-0.39, 0.29) is 16.4 Å². The van der Waals surface area contributed by atoms with E-state index in [1.165, 1.54) is 19.2 Å². The molecule has 1 saturated heterocycles. The molecule has 168 valence electrons. The van der Waals surface area contributed by atoms with Crippen LogP contribution >= 0.6 is 0 Å². The minimum absolute atomic E-state index is 0.0584. The van der Waals surface area contributed by atoms with Crippen molar-refractivity contribution >= 4 is 15.9 Å². The van der Waals surface area contributed by atoms with E-state index < -0.39 is 16.1 Å². The molecular weight excluding hydrogens is 412 g/mol. The fourth-order valence-corrected chi connectivity index (χ4v) is 5.39. The van der Waals surface area contributed by atoms with Gasteiger partial charge in [0, 0.05) is 19.1 Å². The Hall–Kier alpha value is -2.38. The van der Waals surface area contributed by atoms with Gasteiger partial charge in [-0.25, -0.2) is 13.1 Å². The number of nitrogens with one attached hydrogen (secondary N) is 1. The summed E-state index contributed by atoms with van der Waals surface area (Å²) in [4.78, 5) is 15.0. The molecule has 2 aromatic rings. The van der Waals surface area contributed by atoms with E-state index in [4.69, 9.17) is 4.74 Å². The Balaban J connectivity index is 1.88. The molecule has 0 aromatic heterocycles. The highest BCUT2D eigenvalue weighted by molar-refractivity contribution is 7.89. The Morgan fingerprint density at radius 2 is 1.71 bits per heavy atom. The van der Waals surface area contributed by atoms with Crippen LogP contribution < -0.4 is 9.46 Å². The number of sulfonamides is 1. The van der Waals surface area contributed by atoms with Crippen LogP contribution in [0.2, 0.25) is 0 Å². The van der Waals surface area contributed by atoms with Gasteiger partial charge in [-0.05, 0) is 62.9 Å². The maximum Gasteiger partial charge on any atom is 0.257 e. The number of carbonyl (C=O) groups excluding carboxylic acids is 1. The zero-order valence-corrected chi connectivity index (χ0v) is 19.6. The number of methoxy groups -OCH3 is 1. The molecule has 7 heteroatoms. The van der Waals surface area contributed by atoms with Crippen LogP contribution in [-0.4, -0.2) is 39.4 Å². The molecule has 2 aromatic carbocycles. The fraction of sp³-hybridized carbons (Fsp3) is 0.458. The van der Waals surface area contributed by atoms with Crippen LogP contribution in [0.15, 0.2) is 41.3 Å². The van der Waals surface area contributed by atoms with Crippen LogP contribution in [-0.2, 0) is 10.0 Å². The Kier molecular flexibility index (Phi) is 7.38. The second kappa shape index (κ2) is 9.83. The quantitative estimate of drug-likeness (QED) is 0.718. The van der Waals surface area contributed by atoms with Gasteiger partial charge in [0.15, 0.2) is 0 Å². The smallest absolute Gasteiger partial charge is 0.257 e. The highest BCUT2D eigenvalue weighted by Gasteiger charge is 2.25. The summed E-state index contributed by atoms with van der Waals surface area (Å²) in [6.07, 6.45) is 4.13. The summed E-state index contributed by atoms with van der Waals surface area (Å²) in [5.41, 5.74) is 3.36. The number of likely N-dealkylation sites (tertiary alicyclic amines) is 1. The lowest BCUT2D eigenvalue weighted by Crippen LogP contribution is -2.32. The number of amides is 1. The van der Waals surface area contributed by atoms with Crippen LogP contribution in [0.4, 0.5) is 0 Å². The minimum atomic E-state index is -3.83. The molecular formula is C24H32N2O4S. The lowest BCUT2D eigenvalue weighted by molar-refractivity contribution is 0.0758. The minimum Gasteiger partial charge on any atom is -0.496 e. The summed E-state index contributed by atoms with van der Waals surface area (Å²) in [6, 6.07) is 10.0. The molecule has 0 saturated carbocycles. The lowest BCUT2D eigenvalue weighted by atomic mass is 10.0. The van der Waals surface area contributed by atoms with Gasteiger partial charge >= 0.3 is 0 Å². The van der Waals surface area contributed by atoms with Gasteiger partial charge in [-0.3, -0.25) is 4.79 Å². The molecule has 0 bridgehead atoms. The summed E-state index contributed by atoms with van der Waals surface area (Å²) >= 11 is 0. The number of hydrogen-bond donors (Lipinski definition) is 1. The van der Waals surface area contributed by atoms with E-state index in [2.05, 4.69) is 4.72 Å². The zero-order valence-electron chi connectivity index (χ0n) is 18.8. The van der Waals surface area contributed by atoms with Crippen molar-refractivity contribution in [3.05, 3.63) is 58.7 Å². The molecule has 31 heavy (non-hydrogen) atoms. The van der Waals surface area contributed by atoms with Crippen molar-refractivity contribution in [1.82, 2.24) is 9.62 Å². The Morgan fingerprint density at radius 3 is 2.32 bits per heavy atom. The van der Waals surface area contributed by atoms with Gasteiger partial charge in [-0.2, -0.15) is 0 Å². The Morgan fingerprint density at radius 1 is 1.03 bits per heavy atom. The third kappa shape index (κ3) is 5.46. The van der Waals surface area contributed by atoms with Crippen LogP contribution in [0.5, 0.6) is 5.75 Å². The molecule has 1 aliphatic heterocycles. The summed E-state index contributed by atoms with van der Waals surface area (Å²) in [5.74, 6) is 0.203. The molecule has 1 fully saturated rings. The van der Waals surface area contributed by atoms with Crippen molar-refractivity contribution in [2.75, 3.05) is 20.2 Å². The van der Waals surface area contributed by atoms with E-state index in [1.54, 1.807) is 11.0 Å². The topological polar surface area (TPSA) is 75.7 Å². The van der Waals surface area contributed by atoms with Gasteiger partial charge in [-0.15, -0.1) is 0 Å². The largest absolute Gasteiger partial charge is 0.496 e. The molecule has 6 nitrogen and oxygen atoms in total. The summed E-state index contributed by atoms with van der Waals surface area (Å²) in [5, 5.41) is 0. The van der Waals surface area contributed by atoms with E-state index in [1.807, 2.05) is 39.0 Å². The van der Waals surface area contributed by atoms with Crippen LogP contribution in [0.1, 0.15) is 65.7 Å². The van der Waals surface area contributed by atoms with Crippen molar-refractivity contribution in [1.29, 1.82) is 0 Å². The van der Waals surface area contributed by atoms with Crippen molar-refractivity contribution in [2.24, 2.45) is 0 Å². The molecule has 1 N–H and O–H groups in total. The van der Waals surface area contributed by atoms with Crippen LogP contribution in [0.3, 0.4) is 0 Å². The standard InChI is InChI=1S/C24H32N2O4S/c1-17-9-11-21(18(2)15-17)19(3)25-31(28,29)20-10-12-23(30-4)22(16-20)24(27)26-13-7-5-6-8-14-26/h9-12,15-16,19,25H,5-8,13-14H2,1-4H3. The van der Waals surface area contributed by atoms with Crippen molar-refractivity contribution in [3.8, 4) is 5.75 Å². The third-order valence-electron chi connectivity index (χ3n) is 5.83. The highest BCUT2D eigenvalue weighted by Crippen LogP contribution is 2.27. The average molecular weight is 445 g/mol. The number of hydrogen-bond acceptors (Lipinski definition) is 4. The molecule has 1 heterocycles. The highest BCUT2D eigenvalue weighted by atomic mass is 32.2. The van der Waals surface area contributed by atoms with Crippen molar-refractivity contribution in [3.63, 3.8) is 0 Å². The number of rotatable bonds is 6. The normalized spacial score (nSPS) is 15.9. The maximum absolute atomic E-state index is 13.2. The maximum atomic E-state index is 13.2. The SMILES string of the molecule is COc1ccc(S(=O)(=O)NC(C)c2ccc(C)cc2C)cc1C(=O)N1CCCCCC1. The van der Waals surface area contributed by atoms with Gasteiger partial charge in [-0.1, -0.05) is 36.6 Å². The van der Waals surface area contributed by atoms with E-state index in [0.29, 0.717) is 18.8 Å². The predicted molar refractivity (Wildman–Crippen MR) is 122 cm³/mol. The molecule has 1 amide bonds. The van der Waals surface area contributed by atoms with Gasteiger partial charge in [0.05, 0.1) is 17.6 Å². The number of nitrogens with zero attached hydrogens (tertiary/aromatic N) is 1. The molecule has 3 rings (SSSR count). The summed E-state index contributed by atoms with van der Waals surface area (Å²) in [6.45, 7) is 7.16. The summed E-state index contributed by atoms with van der Waals surface area (Å²) in [7, 11) is -2.34. The van der Waals surface area contributed by atoms with Gasteiger partial charge in [0.25, 0.3) is 5.91 Å². The first kappa shape index (κ1) is 23.3. The Labute approximate surface area is 185 Å². The first-order valence-corrected chi connectivity index (χ1v) is 12.3. The van der Waals surface area contributed by atoms with E-state index in [0.717, 1.165) is 42.4 Å². The second-order valence-electron chi connectivity index (χ2n) is 8.27. The number of carbonyl (C=O) groups is 1. The van der Waals surface area contributed by atoms with Gasteiger partial charge < -0.3 is 9.64 Å².